The van der Waals surface area contributed by atoms with Crippen LogP contribution in [0.4, 0.5) is 0 Å². The summed E-state index contributed by atoms with van der Waals surface area (Å²) in [4.78, 5) is 4.37. The van der Waals surface area contributed by atoms with Gasteiger partial charge in [-0.1, -0.05) is 37.0 Å². The van der Waals surface area contributed by atoms with Crippen LogP contribution >= 0.6 is 0 Å². The second-order valence-electron chi connectivity index (χ2n) is 4.38. The number of aromatic nitrogens is 5. The fraction of sp³-hybridized carbons (Fsp3) is 0.385. The topological polar surface area (TPSA) is 65.2 Å². The van der Waals surface area contributed by atoms with Crippen molar-refractivity contribution in [2.45, 2.75) is 26.2 Å². The molecule has 98 valence electrons. The first-order valence-electron chi connectivity index (χ1n) is 6.50. The van der Waals surface area contributed by atoms with Crippen LogP contribution in [0, 0.1) is 0 Å². The number of fused-ring (bicyclic) bond motifs is 3. The van der Waals surface area contributed by atoms with E-state index in [0.29, 0.717) is 18.3 Å². The average molecular weight is 257 g/mol. The molecule has 6 heteroatoms. The fourth-order valence-corrected chi connectivity index (χ4v) is 2.03. The predicted molar refractivity (Wildman–Crippen MR) is 71.1 cm³/mol. The van der Waals surface area contributed by atoms with E-state index in [4.69, 9.17) is 4.74 Å². The van der Waals surface area contributed by atoms with Gasteiger partial charge in [0.05, 0.1) is 17.5 Å². The van der Waals surface area contributed by atoms with E-state index >= 15 is 0 Å². The van der Waals surface area contributed by atoms with E-state index in [1.54, 1.807) is 4.52 Å². The highest BCUT2D eigenvalue weighted by Crippen LogP contribution is 2.23. The molecule has 0 bridgehead atoms. The molecule has 0 atom stereocenters. The molecular formula is C13H15N5O. The van der Waals surface area contributed by atoms with Gasteiger partial charge in [0.25, 0.3) is 5.78 Å². The van der Waals surface area contributed by atoms with Crippen molar-refractivity contribution in [3.63, 3.8) is 0 Å². The van der Waals surface area contributed by atoms with Gasteiger partial charge in [-0.05, 0) is 29.0 Å². The molecule has 0 unspecified atom stereocenters. The largest absolute Gasteiger partial charge is 0.477 e. The lowest BCUT2D eigenvalue weighted by atomic mass is 10.2. The number of rotatable bonds is 5. The van der Waals surface area contributed by atoms with Crippen molar-refractivity contribution in [1.82, 2.24) is 25.0 Å². The summed E-state index contributed by atoms with van der Waals surface area (Å²) in [6.45, 7) is 2.84. The monoisotopic (exact) mass is 257 g/mol. The Balaban J connectivity index is 2.00. The Labute approximate surface area is 110 Å². The Bertz CT molecular complexity index is 694. The fourth-order valence-electron chi connectivity index (χ4n) is 2.03. The van der Waals surface area contributed by atoms with Crippen LogP contribution in [0.3, 0.4) is 0 Å². The van der Waals surface area contributed by atoms with Crippen LogP contribution in [0.5, 0.6) is 5.88 Å². The molecule has 0 fully saturated rings. The van der Waals surface area contributed by atoms with Crippen LogP contribution in [0.2, 0.25) is 0 Å². The van der Waals surface area contributed by atoms with Crippen LogP contribution in [0.25, 0.3) is 16.7 Å². The van der Waals surface area contributed by atoms with E-state index in [-0.39, 0.29) is 0 Å². The molecule has 0 radical (unpaired) electrons. The van der Waals surface area contributed by atoms with Crippen molar-refractivity contribution < 1.29 is 4.74 Å². The summed E-state index contributed by atoms with van der Waals surface area (Å²) in [6.07, 6.45) is 3.36. The summed E-state index contributed by atoms with van der Waals surface area (Å²) < 4.78 is 7.40. The van der Waals surface area contributed by atoms with E-state index in [2.05, 4.69) is 27.4 Å². The number of nitrogens with zero attached hydrogens (tertiary/aromatic N) is 5. The first-order valence-corrected chi connectivity index (χ1v) is 6.50. The number of ether oxygens (including phenoxy) is 1. The van der Waals surface area contributed by atoms with Gasteiger partial charge in [-0.15, -0.1) is 0 Å². The molecule has 0 N–H and O–H groups in total. The molecule has 0 saturated heterocycles. The predicted octanol–water partition coefficient (Wildman–Crippen LogP) is 2.24. The summed E-state index contributed by atoms with van der Waals surface area (Å²) in [7, 11) is 0. The SMILES string of the molecule is CCCCCOc1nc2nnnn2c2ccccc12. The van der Waals surface area contributed by atoms with Gasteiger partial charge in [0.15, 0.2) is 0 Å². The Morgan fingerprint density at radius 2 is 2.11 bits per heavy atom. The third-order valence-corrected chi connectivity index (χ3v) is 3.00. The molecular weight excluding hydrogens is 242 g/mol. The van der Waals surface area contributed by atoms with Gasteiger partial charge in [-0.3, -0.25) is 0 Å². The molecule has 2 heterocycles. The highest BCUT2D eigenvalue weighted by atomic mass is 16.5. The summed E-state index contributed by atoms with van der Waals surface area (Å²) in [5.74, 6) is 1.07. The molecule has 0 amide bonds. The van der Waals surface area contributed by atoms with Gasteiger partial charge in [-0.2, -0.15) is 9.50 Å². The lowest BCUT2D eigenvalue weighted by Gasteiger charge is -2.08. The number of hydrogen-bond acceptors (Lipinski definition) is 5. The number of para-hydroxylation sites is 1. The maximum atomic E-state index is 5.78. The molecule has 0 spiro atoms. The minimum absolute atomic E-state index is 0.462. The summed E-state index contributed by atoms with van der Waals surface area (Å²) in [6, 6.07) is 7.83. The van der Waals surface area contributed by atoms with E-state index < -0.39 is 0 Å². The number of unbranched alkanes of at least 4 members (excludes halogenated alkanes) is 2. The smallest absolute Gasteiger partial charge is 0.277 e. The minimum atomic E-state index is 0.462. The highest BCUT2D eigenvalue weighted by Gasteiger charge is 2.10. The third-order valence-electron chi connectivity index (χ3n) is 3.00. The zero-order chi connectivity index (χ0) is 13.1. The van der Waals surface area contributed by atoms with E-state index in [0.717, 1.165) is 23.7 Å². The quantitative estimate of drug-likeness (QED) is 0.656. The van der Waals surface area contributed by atoms with Gasteiger partial charge < -0.3 is 4.74 Å². The van der Waals surface area contributed by atoms with Crippen molar-refractivity contribution >= 4 is 16.7 Å². The first kappa shape index (κ1) is 11.8. The number of tetrazole rings is 1. The van der Waals surface area contributed by atoms with Crippen molar-refractivity contribution in [3.05, 3.63) is 24.3 Å². The molecule has 0 aliphatic rings. The van der Waals surface area contributed by atoms with Crippen molar-refractivity contribution in [2.75, 3.05) is 6.61 Å². The molecule has 19 heavy (non-hydrogen) atoms. The van der Waals surface area contributed by atoms with E-state index in [9.17, 15) is 0 Å². The normalized spacial score (nSPS) is 11.2. The van der Waals surface area contributed by atoms with Crippen LogP contribution in [-0.2, 0) is 0 Å². The van der Waals surface area contributed by atoms with Crippen LogP contribution < -0.4 is 4.74 Å². The average Bonchev–Trinajstić information content (AvgIpc) is 2.92. The third kappa shape index (κ3) is 2.21. The Morgan fingerprint density at radius 1 is 1.21 bits per heavy atom. The number of benzene rings is 1. The summed E-state index contributed by atoms with van der Waals surface area (Å²) in [5, 5.41) is 12.4. The Hall–Kier alpha value is -2.24. The van der Waals surface area contributed by atoms with Crippen molar-refractivity contribution in [1.29, 1.82) is 0 Å². The number of hydrogen-bond donors (Lipinski definition) is 0. The van der Waals surface area contributed by atoms with Crippen LogP contribution in [0.15, 0.2) is 24.3 Å². The molecule has 2 aromatic heterocycles. The van der Waals surface area contributed by atoms with Gasteiger partial charge in [0.1, 0.15) is 0 Å². The molecule has 0 aliphatic heterocycles. The molecule has 6 nitrogen and oxygen atoms in total. The molecule has 1 aromatic carbocycles. The summed E-state index contributed by atoms with van der Waals surface area (Å²) >= 11 is 0. The molecule has 3 rings (SSSR count). The molecule has 0 aliphatic carbocycles. The van der Waals surface area contributed by atoms with Gasteiger partial charge >= 0.3 is 0 Å². The maximum Gasteiger partial charge on any atom is 0.277 e. The first-order chi connectivity index (χ1) is 9.40. The standard InChI is InChI=1S/C13H15N5O/c1-2-3-6-9-19-12-10-7-4-5-8-11(10)18-13(14-12)15-16-17-18/h4-5,7-8H,2-3,6,9H2,1H3. The van der Waals surface area contributed by atoms with Crippen LogP contribution in [0.1, 0.15) is 26.2 Å². The highest BCUT2D eigenvalue weighted by molar-refractivity contribution is 5.85. The lowest BCUT2D eigenvalue weighted by Crippen LogP contribution is -2.02. The van der Waals surface area contributed by atoms with E-state index in [1.807, 2.05) is 24.3 Å². The summed E-state index contributed by atoms with van der Waals surface area (Å²) in [5.41, 5.74) is 0.906. The van der Waals surface area contributed by atoms with Gasteiger partial charge in [-0.25, -0.2) is 0 Å². The lowest BCUT2D eigenvalue weighted by molar-refractivity contribution is 0.299. The Morgan fingerprint density at radius 3 is 3.00 bits per heavy atom. The Kier molecular flexibility index (Phi) is 3.22. The molecule has 0 saturated carbocycles. The zero-order valence-electron chi connectivity index (χ0n) is 10.8. The zero-order valence-corrected chi connectivity index (χ0v) is 10.8. The second kappa shape index (κ2) is 5.17. The minimum Gasteiger partial charge on any atom is -0.477 e. The van der Waals surface area contributed by atoms with Crippen molar-refractivity contribution in [2.24, 2.45) is 0 Å². The van der Waals surface area contributed by atoms with Crippen LogP contribution in [-0.4, -0.2) is 31.6 Å². The van der Waals surface area contributed by atoms with E-state index in [1.165, 1.54) is 6.42 Å². The van der Waals surface area contributed by atoms with Crippen molar-refractivity contribution in [3.8, 4) is 5.88 Å². The maximum absolute atomic E-state index is 5.78. The molecule has 3 aromatic rings. The second-order valence-corrected chi connectivity index (χ2v) is 4.38. The van der Waals surface area contributed by atoms with Gasteiger partial charge in [0.2, 0.25) is 5.88 Å². The van der Waals surface area contributed by atoms with Gasteiger partial charge in [0, 0.05) is 0 Å².